The van der Waals surface area contributed by atoms with E-state index in [1.54, 1.807) is 4.57 Å². The third-order valence-electron chi connectivity index (χ3n) is 5.54. The first-order valence-electron chi connectivity index (χ1n) is 10.4. The van der Waals surface area contributed by atoms with Crippen molar-refractivity contribution in [2.75, 3.05) is 16.9 Å². The number of nitrogens with one attached hydrogen (secondary N) is 3. The summed E-state index contributed by atoms with van der Waals surface area (Å²) in [5.74, 6) is 1.20. The van der Waals surface area contributed by atoms with Gasteiger partial charge in [0.15, 0.2) is 5.82 Å². The molecule has 0 saturated carbocycles. The third-order valence-corrected chi connectivity index (χ3v) is 5.54. The van der Waals surface area contributed by atoms with Gasteiger partial charge < -0.3 is 10.2 Å². The molecule has 0 spiro atoms. The van der Waals surface area contributed by atoms with E-state index in [4.69, 9.17) is 0 Å². The molecule has 0 saturated heterocycles. The number of hydrogen-bond acceptors (Lipinski definition) is 7. The van der Waals surface area contributed by atoms with Gasteiger partial charge in [-0.2, -0.15) is 0 Å². The highest BCUT2D eigenvalue weighted by Crippen LogP contribution is 2.31. The van der Waals surface area contributed by atoms with Gasteiger partial charge in [0, 0.05) is 18.7 Å². The third kappa shape index (κ3) is 3.45. The Morgan fingerprint density at radius 2 is 1.81 bits per heavy atom. The number of tetrazole rings is 1. The fourth-order valence-electron chi connectivity index (χ4n) is 4.08. The molecule has 0 aliphatic carbocycles. The van der Waals surface area contributed by atoms with Crippen molar-refractivity contribution in [2.45, 2.75) is 26.4 Å². The van der Waals surface area contributed by atoms with Crippen LogP contribution < -0.4 is 21.5 Å². The van der Waals surface area contributed by atoms with E-state index in [2.05, 4.69) is 30.9 Å². The van der Waals surface area contributed by atoms with Gasteiger partial charge >= 0.3 is 5.69 Å². The summed E-state index contributed by atoms with van der Waals surface area (Å²) in [5, 5.41) is 17.4. The Kier molecular flexibility index (Phi) is 5.02. The first-order chi connectivity index (χ1) is 15.7. The van der Waals surface area contributed by atoms with E-state index in [-0.39, 0.29) is 11.2 Å². The number of nitrogens with zero attached hydrogens (tertiary/aromatic N) is 5. The van der Waals surface area contributed by atoms with Crippen molar-refractivity contribution in [3.8, 4) is 22.5 Å². The molecule has 1 aliphatic rings. The molecule has 3 N–H and O–H groups in total. The fourth-order valence-corrected chi connectivity index (χ4v) is 4.08. The summed E-state index contributed by atoms with van der Waals surface area (Å²) in [4.78, 5) is 29.1. The smallest absolute Gasteiger partial charge is 0.330 e. The van der Waals surface area contributed by atoms with E-state index >= 15 is 0 Å². The molecule has 2 aromatic carbocycles. The zero-order valence-corrected chi connectivity index (χ0v) is 17.5. The highest BCUT2D eigenvalue weighted by molar-refractivity contribution is 5.80. The lowest BCUT2D eigenvalue weighted by Gasteiger charge is -2.17. The monoisotopic (exact) mass is 430 g/mol. The Morgan fingerprint density at radius 3 is 2.53 bits per heavy atom. The second-order valence-corrected chi connectivity index (χ2v) is 7.63. The predicted octanol–water partition coefficient (Wildman–Crippen LogP) is 2.18. The number of H-pyrrole nitrogens is 2. The summed E-state index contributed by atoms with van der Waals surface area (Å²) in [7, 11) is 0. The zero-order valence-electron chi connectivity index (χ0n) is 17.5. The molecule has 0 amide bonds. The maximum absolute atomic E-state index is 12.5. The minimum Gasteiger partial charge on any atom is -0.352 e. The molecule has 5 rings (SSSR count). The second kappa shape index (κ2) is 8.14. The molecule has 2 aromatic heterocycles. The van der Waals surface area contributed by atoms with E-state index in [0.717, 1.165) is 28.7 Å². The lowest BCUT2D eigenvalue weighted by atomic mass is 9.98. The maximum Gasteiger partial charge on any atom is 0.330 e. The first-order valence-corrected chi connectivity index (χ1v) is 10.4. The lowest BCUT2D eigenvalue weighted by Crippen LogP contribution is -2.33. The number of fused-ring (bicyclic) bond motifs is 1. The van der Waals surface area contributed by atoms with Gasteiger partial charge in [-0.25, -0.2) is 9.89 Å². The second-order valence-electron chi connectivity index (χ2n) is 7.63. The van der Waals surface area contributed by atoms with Crippen LogP contribution >= 0.6 is 0 Å². The standard InChI is InChI=1S/C22H22N8O2/c1-2-11-30-20-18(21(31)24-22(30)32)29(13-23-20)12-14-7-9-15(10-8-14)16-5-3-4-6-17(16)19-25-27-28-26-19/h3-10,23H,2,11-13H2,1H3,(H,24,31,32)(H,25,26,27,28). The van der Waals surface area contributed by atoms with Crippen LogP contribution in [0.2, 0.25) is 0 Å². The Morgan fingerprint density at radius 1 is 1.03 bits per heavy atom. The summed E-state index contributed by atoms with van der Waals surface area (Å²) in [5.41, 5.74) is 3.79. The fraction of sp³-hybridized carbons (Fsp3) is 0.227. The number of aromatic nitrogens is 6. The quantitative estimate of drug-likeness (QED) is 0.428. The van der Waals surface area contributed by atoms with Gasteiger partial charge in [-0.1, -0.05) is 55.5 Å². The number of anilines is 2. The number of aromatic amines is 2. The topological polar surface area (TPSA) is 125 Å². The Bertz CT molecular complexity index is 1360. The molecule has 10 nitrogen and oxygen atoms in total. The van der Waals surface area contributed by atoms with Crippen molar-refractivity contribution < 1.29 is 0 Å². The molecule has 4 aromatic rings. The average Bonchev–Trinajstić information content (AvgIpc) is 3.48. The summed E-state index contributed by atoms with van der Waals surface area (Å²) in [6.07, 6.45) is 0.799. The molecule has 0 atom stereocenters. The van der Waals surface area contributed by atoms with Gasteiger partial charge in [0.05, 0.1) is 6.67 Å². The summed E-state index contributed by atoms with van der Waals surface area (Å²) < 4.78 is 1.59. The van der Waals surface area contributed by atoms with E-state index < -0.39 is 0 Å². The first kappa shape index (κ1) is 19.7. The minimum absolute atomic E-state index is 0.367. The van der Waals surface area contributed by atoms with Crippen molar-refractivity contribution in [1.29, 1.82) is 0 Å². The van der Waals surface area contributed by atoms with Crippen molar-refractivity contribution in [1.82, 2.24) is 30.2 Å². The molecule has 0 unspecified atom stereocenters. The number of rotatable bonds is 6. The largest absolute Gasteiger partial charge is 0.352 e. The average molecular weight is 430 g/mol. The molecule has 10 heteroatoms. The predicted molar refractivity (Wildman–Crippen MR) is 121 cm³/mol. The van der Waals surface area contributed by atoms with Crippen molar-refractivity contribution in [3.63, 3.8) is 0 Å². The van der Waals surface area contributed by atoms with Crippen LogP contribution in [0.5, 0.6) is 0 Å². The van der Waals surface area contributed by atoms with Crippen LogP contribution in [0.1, 0.15) is 18.9 Å². The normalized spacial score (nSPS) is 12.6. The van der Waals surface area contributed by atoms with Crippen molar-refractivity contribution in [3.05, 3.63) is 74.9 Å². The highest BCUT2D eigenvalue weighted by Gasteiger charge is 2.26. The summed E-state index contributed by atoms with van der Waals surface area (Å²) >= 11 is 0. The molecule has 0 radical (unpaired) electrons. The Labute approximate surface area is 182 Å². The number of hydrogen-bond donors (Lipinski definition) is 3. The van der Waals surface area contributed by atoms with Crippen LogP contribution in [-0.4, -0.2) is 36.8 Å². The van der Waals surface area contributed by atoms with Gasteiger partial charge in [0.1, 0.15) is 11.5 Å². The van der Waals surface area contributed by atoms with E-state index in [9.17, 15) is 9.59 Å². The van der Waals surface area contributed by atoms with Crippen LogP contribution in [0.4, 0.5) is 11.5 Å². The van der Waals surface area contributed by atoms with Crippen LogP contribution in [0.25, 0.3) is 22.5 Å². The van der Waals surface area contributed by atoms with Crippen LogP contribution in [0, 0.1) is 0 Å². The molecule has 0 bridgehead atoms. The van der Waals surface area contributed by atoms with Crippen LogP contribution in [-0.2, 0) is 13.1 Å². The number of benzene rings is 2. The molecule has 1 aliphatic heterocycles. The lowest BCUT2D eigenvalue weighted by molar-refractivity contribution is 0.642. The molecular weight excluding hydrogens is 408 g/mol. The molecule has 32 heavy (non-hydrogen) atoms. The molecule has 162 valence electrons. The van der Waals surface area contributed by atoms with Crippen molar-refractivity contribution >= 4 is 11.5 Å². The van der Waals surface area contributed by atoms with Crippen molar-refractivity contribution in [2.24, 2.45) is 0 Å². The molecule has 0 fully saturated rings. The Balaban J connectivity index is 1.42. The van der Waals surface area contributed by atoms with E-state index in [1.807, 2.05) is 60.4 Å². The van der Waals surface area contributed by atoms with Gasteiger partial charge in [0.2, 0.25) is 0 Å². The SMILES string of the molecule is CCCn1c2c(c(=O)[nH]c1=O)N(Cc1ccc(-c3ccccc3-c3nnn[nH]3)cc1)CN2. The summed E-state index contributed by atoms with van der Waals surface area (Å²) in [6.45, 7) is 3.55. The summed E-state index contributed by atoms with van der Waals surface area (Å²) in [6, 6.07) is 16.1. The van der Waals surface area contributed by atoms with Crippen LogP contribution in [0.15, 0.2) is 58.1 Å². The minimum atomic E-state index is -0.380. The molecular formula is C22H22N8O2. The van der Waals surface area contributed by atoms with Gasteiger partial charge in [-0.15, -0.1) is 5.10 Å². The van der Waals surface area contributed by atoms with Gasteiger partial charge in [0.25, 0.3) is 5.56 Å². The zero-order chi connectivity index (χ0) is 22.1. The van der Waals surface area contributed by atoms with E-state index in [0.29, 0.717) is 37.1 Å². The molecule has 3 heterocycles. The Hall–Kier alpha value is -4.21. The highest BCUT2D eigenvalue weighted by atomic mass is 16.2. The van der Waals surface area contributed by atoms with Crippen LogP contribution in [0.3, 0.4) is 0 Å². The van der Waals surface area contributed by atoms with E-state index in [1.165, 1.54) is 0 Å². The van der Waals surface area contributed by atoms with Gasteiger partial charge in [-0.3, -0.25) is 14.3 Å². The maximum atomic E-state index is 12.5. The van der Waals surface area contributed by atoms with Gasteiger partial charge in [-0.05, 0) is 33.5 Å².